The van der Waals surface area contributed by atoms with Crippen LogP contribution >= 0.6 is 23.2 Å². The quantitative estimate of drug-likeness (QED) is 0.388. The molecule has 0 atom stereocenters. The van der Waals surface area contributed by atoms with Crippen molar-refractivity contribution in [2.75, 3.05) is 0 Å². The predicted molar refractivity (Wildman–Crippen MR) is 79.7 cm³/mol. The van der Waals surface area contributed by atoms with E-state index in [9.17, 15) is 4.39 Å². The average Bonchev–Trinajstić information content (AvgIpc) is 2.47. The Kier molecular flexibility index (Phi) is 4.88. The second-order valence-corrected chi connectivity index (χ2v) is 4.97. The van der Waals surface area contributed by atoms with E-state index in [1.165, 1.54) is 18.2 Å². The van der Waals surface area contributed by atoms with E-state index in [1.807, 2.05) is 0 Å². The fourth-order valence-electron chi connectivity index (χ4n) is 1.73. The Morgan fingerprint density at radius 2 is 2.05 bits per heavy atom. The highest BCUT2D eigenvalue weighted by atomic mass is 35.5. The summed E-state index contributed by atoms with van der Waals surface area (Å²) in [5.74, 6) is -0.355. The van der Waals surface area contributed by atoms with Crippen LogP contribution < -0.4 is 10.5 Å². The normalized spacial score (nSPS) is 11.5. The van der Waals surface area contributed by atoms with E-state index in [4.69, 9.17) is 38.9 Å². The van der Waals surface area contributed by atoms with Crippen molar-refractivity contribution >= 4 is 29.0 Å². The van der Waals surface area contributed by atoms with Crippen LogP contribution in [0.3, 0.4) is 0 Å². The highest BCUT2D eigenvalue weighted by molar-refractivity contribution is 6.34. The maximum Gasteiger partial charge on any atom is 0.175 e. The van der Waals surface area contributed by atoms with Gasteiger partial charge in [-0.05, 0) is 30.3 Å². The molecule has 2 aromatic carbocycles. The fraction of sp³-hybridized carbons (Fsp3) is 0.0714. The summed E-state index contributed by atoms with van der Waals surface area (Å²) in [5, 5.41) is 12.3. The second kappa shape index (κ2) is 6.65. The van der Waals surface area contributed by atoms with Crippen LogP contribution in [0.4, 0.5) is 4.39 Å². The van der Waals surface area contributed by atoms with Crippen LogP contribution in [0, 0.1) is 5.82 Å². The molecule has 0 fully saturated rings. The van der Waals surface area contributed by atoms with Crippen LogP contribution in [0.5, 0.6) is 5.75 Å². The molecule has 0 aliphatic heterocycles. The lowest BCUT2D eigenvalue weighted by atomic mass is 10.1. The van der Waals surface area contributed by atoms with Crippen molar-refractivity contribution in [1.29, 1.82) is 0 Å². The number of oxime groups is 1. The summed E-state index contributed by atoms with van der Waals surface area (Å²) in [5.41, 5.74) is 6.08. The van der Waals surface area contributed by atoms with Crippen molar-refractivity contribution in [1.82, 2.24) is 0 Å². The van der Waals surface area contributed by atoms with Crippen LogP contribution in [0.2, 0.25) is 10.0 Å². The molecule has 0 saturated carbocycles. The molecule has 0 spiro atoms. The Morgan fingerprint density at radius 3 is 2.76 bits per heavy atom. The molecular weight excluding hydrogens is 318 g/mol. The molecule has 2 aromatic rings. The molecule has 0 radical (unpaired) electrons. The number of nitrogens with zero attached hydrogens (tertiary/aromatic N) is 1. The van der Waals surface area contributed by atoms with Gasteiger partial charge in [0, 0.05) is 10.6 Å². The van der Waals surface area contributed by atoms with Crippen LogP contribution in [0.1, 0.15) is 11.1 Å². The van der Waals surface area contributed by atoms with E-state index in [1.54, 1.807) is 18.2 Å². The van der Waals surface area contributed by atoms with Crippen molar-refractivity contribution in [2.24, 2.45) is 10.9 Å². The predicted octanol–water partition coefficient (Wildman–Crippen LogP) is 3.81. The molecule has 4 nitrogen and oxygen atoms in total. The molecule has 7 heteroatoms. The first-order valence-electron chi connectivity index (χ1n) is 5.86. The minimum atomic E-state index is -0.438. The third kappa shape index (κ3) is 3.56. The van der Waals surface area contributed by atoms with E-state index >= 15 is 0 Å². The zero-order valence-electron chi connectivity index (χ0n) is 10.7. The van der Waals surface area contributed by atoms with Gasteiger partial charge in [-0.1, -0.05) is 34.4 Å². The van der Waals surface area contributed by atoms with Crippen LogP contribution in [-0.2, 0) is 6.61 Å². The topological polar surface area (TPSA) is 67.8 Å². The van der Waals surface area contributed by atoms with Gasteiger partial charge in [0.05, 0.1) is 10.6 Å². The van der Waals surface area contributed by atoms with Crippen molar-refractivity contribution in [3.63, 3.8) is 0 Å². The van der Waals surface area contributed by atoms with Crippen LogP contribution in [0.25, 0.3) is 0 Å². The van der Waals surface area contributed by atoms with Crippen LogP contribution in [0.15, 0.2) is 41.6 Å². The van der Waals surface area contributed by atoms with E-state index < -0.39 is 5.82 Å². The lowest BCUT2D eigenvalue weighted by molar-refractivity contribution is 0.297. The van der Waals surface area contributed by atoms with Gasteiger partial charge < -0.3 is 15.7 Å². The highest BCUT2D eigenvalue weighted by Crippen LogP contribution is 2.27. The third-order valence-corrected chi connectivity index (χ3v) is 3.28. The lowest BCUT2D eigenvalue weighted by Crippen LogP contribution is -2.15. The number of halogens is 3. The summed E-state index contributed by atoms with van der Waals surface area (Å²) < 4.78 is 19.1. The van der Waals surface area contributed by atoms with Gasteiger partial charge in [0.2, 0.25) is 0 Å². The minimum absolute atomic E-state index is 0.0710. The molecule has 0 aliphatic carbocycles. The third-order valence-electron chi connectivity index (χ3n) is 2.73. The van der Waals surface area contributed by atoms with Gasteiger partial charge in [-0.25, -0.2) is 4.39 Å². The van der Waals surface area contributed by atoms with Gasteiger partial charge in [0.15, 0.2) is 5.84 Å². The molecule has 3 N–H and O–H groups in total. The van der Waals surface area contributed by atoms with Crippen molar-refractivity contribution in [3.8, 4) is 5.75 Å². The second-order valence-electron chi connectivity index (χ2n) is 4.12. The summed E-state index contributed by atoms with van der Waals surface area (Å²) in [6.45, 7) is -0.0710. The minimum Gasteiger partial charge on any atom is -0.488 e. The van der Waals surface area contributed by atoms with Gasteiger partial charge in [0.25, 0.3) is 0 Å². The molecule has 21 heavy (non-hydrogen) atoms. The van der Waals surface area contributed by atoms with Crippen molar-refractivity contribution < 1.29 is 14.3 Å². The monoisotopic (exact) mass is 328 g/mol. The summed E-state index contributed by atoms with van der Waals surface area (Å²) in [6, 6.07) is 8.96. The number of benzene rings is 2. The lowest BCUT2D eigenvalue weighted by Gasteiger charge is -2.12. The zero-order valence-corrected chi connectivity index (χ0v) is 12.2. The molecular formula is C14H11Cl2FN2O2. The highest BCUT2D eigenvalue weighted by Gasteiger charge is 2.14. The molecule has 0 bridgehead atoms. The Morgan fingerprint density at radius 1 is 1.29 bits per heavy atom. The summed E-state index contributed by atoms with van der Waals surface area (Å²) in [4.78, 5) is 0. The van der Waals surface area contributed by atoms with Gasteiger partial charge >= 0.3 is 0 Å². The van der Waals surface area contributed by atoms with Crippen molar-refractivity contribution in [2.45, 2.75) is 6.61 Å². The SMILES string of the molecule is N/C(=N/O)c1c(Cl)cccc1OCc1cc(Cl)ccc1F. The Bertz CT molecular complexity index is 693. The van der Waals surface area contributed by atoms with E-state index in [-0.39, 0.29) is 34.3 Å². The maximum absolute atomic E-state index is 13.6. The fourth-order valence-corrected chi connectivity index (χ4v) is 2.19. The Balaban J connectivity index is 2.28. The van der Waals surface area contributed by atoms with Gasteiger partial charge in [-0.3, -0.25) is 0 Å². The summed E-state index contributed by atoms with van der Waals surface area (Å²) in [7, 11) is 0. The first kappa shape index (κ1) is 15.4. The molecule has 0 aromatic heterocycles. The van der Waals surface area contributed by atoms with E-state index in [0.717, 1.165) is 0 Å². The number of rotatable bonds is 4. The van der Waals surface area contributed by atoms with E-state index in [2.05, 4.69) is 5.16 Å². The molecule has 110 valence electrons. The summed E-state index contributed by atoms with van der Waals surface area (Å²) >= 11 is 11.8. The molecule has 0 amide bonds. The number of amidine groups is 1. The molecule has 0 unspecified atom stereocenters. The van der Waals surface area contributed by atoms with Gasteiger partial charge in [0.1, 0.15) is 18.2 Å². The number of hydrogen-bond acceptors (Lipinski definition) is 3. The largest absolute Gasteiger partial charge is 0.488 e. The van der Waals surface area contributed by atoms with Crippen LogP contribution in [-0.4, -0.2) is 11.0 Å². The number of hydrogen-bond donors (Lipinski definition) is 2. The molecule has 0 saturated heterocycles. The molecule has 0 aliphatic rings. The molecule has 0 heterocycles. The average molecular weight is 329 g/mol. The number of ether oxygens (including phenoxy) is 1. The van der Waals surface area contributed by atoms with Gasteiger partial charge in [-0.15, -0.1) is 0 Å². The Hall–Kier alpha value is -1.98. The summed E-state index contributed by atoms with van der Waals surface area (Å²) in [6.07, 6.45) is 0. The standard InChI is InChI=1S/C14H11Cl2FN2O2/c15-9-4-5-11(17)8(6-9)7-21-12-3-1-2-10(16)13(12)14(18)19-20/h1-6,20H,7H2,(H2,18,19). The first-order chi connectivity index (χ1) is 10.0. The van der Waals surface area contributed by atoms with Crippen molar-refractivity contribution in [3.05, 3.63) is 63.4 Å². The smallest absolute Gasteiger partial charge is 0.175 e. The van der Waals surface area contributed by atoms with E-state index in [0.29, 0.717) is 5.02 Å². The maximum atomic E-state index is 13.6. The Labute approximate surface area is 130 Å². The first-order valence-corrected chi connectivity index (χ1v) is 6.61. The van der Waals surface area contributed by atoms with Gasteiger partial charge in [-0.2, -0.15) is 0 Å². The molecule has 2 rings (SSSR count). The zero-order chi connectivity index (χ0) is 15.4. The number of nitrogens with two attached hydrogens (primary N) is 1.